The molecule has 0 radical (unpaired) electrons. The quantitative estimate of drug-likeness (QED) is 0.876. The Morgan fingerprint density at radius 3 is 2.67 bits per heavy atom. The molecule has 1 aliphatic heterocycles. The fourth-order valence-corrected chi connectivity index (χ4v) is 2.69. The van der Waals surface area contributed by atoms with Gasteiger partial charge in [0.2, 0.25) is 5.78 Å². The number of likely N-dealkylation sites (N-methyl/N-ethyl adjacent to an activating group) is 1. The first-order valence-electron chi connectivity index (χ1n) is 6.63. The molecule has 1 amide bonds. The fourth-order valence-electron chi connectivity index (χ4n) is 2.69. The van der Waals surface area contributed by atoms with E-state index in [9.17, 15) is 14.7 Å². The van der Waals surface area contributed by atoms with Crippen LogP contribution in [-0.4, -0.2) is 23.8 Å². The summed E-state index contributed by atoms with van der Waals surface area (Å²) >= 11 is 0. The summed E-state index contributed by atoms with van der Waals surface area (Å²) in [4.78, 5) is 26.0. The Morgan fingerprint density at radius 1 is 1.29 bits per heavy atom. The molecule has 0 bridgehead atoms. The molecule has 0 fully saturated rings. The zero-order valence-corrected chi connectivity index (χ0v) is 11.8. The summed E-state index contributed by atoms with van der Waals surface area (Å²) in [6.45, 7) is 1.73. The number of rotatable bonds is 3. The zero-order chi connectivity index (χ0) is 15.2. The second-order valence-electron chi connectivity index (χ2n) is 5.25. The number of Topliss-reactive ketones (excluding diaryl/α,β-unsaturated/α-hetero) is 1. The molecule has 0 unspecified atom stereocenters. The minimum Gasteiger partial charge on any atom is -0.458 e. The standard InChI is InChI=1S/C16H15NO4/c1-10-7-8-14(21-10)13(18)9-16(20)11-5-3-4-6-12(11)17(2)15(16)19/h3-8,20H,9H2,1-2H3/t16-/m0/s1. The molecule has 1 atom stereocenters. The molecule has 5 heteroatoms. The lowest BCUT2D eigenvalue weighted by Gasteiger charge is -2.20. The number of furan rings is 1. The number of nitrogens with zero attached hydrogens (tertiary/aromatic N) is 1. The number of fused-ring (bicyclic) bond motifs is 1. The third-order valence-electron chi connectivity index (χ3n) is 3.80. The van der Waals surface area contributed by atoms with Crippen LogP contribution in [0.3, 0.4) is 0 Å². The number of benzene rings is 1. The lowest BCUT2D eigenvalue weighted by Crippen LogP contribution is -2.40. The Hall–Kier alpha value is -2.40. The van der Waals surface area contributed by atoms with E-state index in [1.165, 1.54) is 4.90 Å². The first kappa shape index (κ1) is 13.6. The minimum absolute atomic E-state index is 0.153. The van der Waals surface area contributed by atoms with Crippen molar-refractivity contribution >= 4 is 17.4 Å². The Morgan fingerprint density at radius 2 is 2.00 bits per heavy atom. The highest BCUT2D eigenvalue weighted by Crippen LogP contribution is 2.41. The highest BCUT2D eigenvalue weighted by atomic mass is 16.3. The molecule has 0 saturated heterocycles. The first-order valence-corrected chi connectivity index (χ1v) is 6.63. The molecule has 2 heterocycles. The van der Waals surface area contributed by atoms with Gasteiger partial charge in [0, 0.05) is 12.6 Å². The summed E-state index contributed by atoms with van der Waals surface area (Å²) in [5.41, 5.74) is -0.758. The number of ketones is 1. The number of anilines is 1. The van der Waals surface area contributed by atoms with Crippen LogP contribution in [0.5, 0.6) is 0 Å². The van der Waals surface area contributed by atoms with E-state index in [1.54, 1.807) is 50.4 Å². The number of amides is 1. The van der Waals surface area contributed by atoms with Gasteiger partial charge in [0.05, 0.1) is 12.1 Å². The number of hydrogen-bond acceptors (Lipinski definition) is 4. The molecule has 0 spiro atoms. The summed E-state index contributed by atoms with van der Waals surface area (Å²) in [5, 5.41) is 10.8. The zero-order valence-electron chi connectivity index (χ0n) is 11.8. The molecule has 0 saturated carbocycles. The maximum Gasteiger partial charge on any atom is 0.263 e. The van der Waals surface area contributed by atoms with Crippen molar-refractivity contribution in [2.45, 2.75) is 18.9 Å². The van der Waals surface area contributed by atoms with Crippen LogP contribution in [0, 0.1) is 6.92 Å². The maximum absolute atomic E-state index is 12.3. The van der Waals surface area contributed by atoms with Gasteiger partial charge in [0.15, 0.2) is 11.4 Å². The number of para-hydroxylation sites is 1. The average molecular weight is 285 g/mol. The highest BCUT2D eigenvalue weighted by molar-refractivity contribution is 6.10. The van der Waals surface area contributed by atoms with Crippen LogP contribution >= 0.6 is 0 Å². The van der Waals surface area contributed by atoms with Crippen molar-refractivity contribution < 1.29 is 19.1 Å². The Labute approximate surface area is 121 Å². The summed E-state index contributed by atoms with van der Waals surface area (Å²) in [7, 11) is 1.58. The van der Waals surface area contributed by atoms with Crippen molar-refractivity contribution in [3.05, 3.63) is 53.5 Å². The largest absolute Gasteiger partial charge is 0.458 e. The SMILES string of the molecule is Cc1ccc(C(=O)C[C@@]2(O)C(=O)N(C)c3ccccc32)o1. The smallest absolute Gasteiger partial charge is 0.263 e. The molecule has 2 aromatic rings. The van der Waals surface area contributed by atoms with Gasteiger partial charge in [-0.25, -0.2) is 0 Å². The molecule has 108 valence electrons. The van der Waals surface area contributed by atoms with Crippen LogP contribution in [0.4, 0.5) is 5.69 Å². The maximum atomic E-state index is 12.3. The monoisotopic (exact) mass is 285 g/mol. The molecule has 3 rings (SSSR count). The van der Waals surface area contributed by atoms with E-state index in [-0.39, 0.29) is 12.2 Å². The Balaban J connectivity index is 1.97. The number of carbonyl (C=O) groups excluding carboxylic acids is 2. The van der Waals surface area contributed by atoms with Gasteiger partial charge >= 0.3 is 0 Å². The van der Waals surface area contributed by atoms with Gasteiger partial charge in [-0.15, -0.1) is 0 Å². The lowest BCUT2D eigenvalue weighted by atomic mass is 9.89. The molecule has 1 N–H and O–H groups in total. The molecule has 1 aromatic heterocycles. The van der Waals surface area contributed by atoms with Crippen LogP contribution in [0.25, 0.3) is 0 Å². The highest BCUT2D eigenvalue weighted by Gasteiger charge is 2.49. The average Bonchev–Trinajstić information content (AvgIpc) is 2.98. The summed E-state index contributed by atoms with van der Waals surface area (Å²) < 4.78 is 5.27. The van der Waals surface area contributed by atoms with E-state index in [4.69, 9.17) is 4.42 Å². The van der Waals surface area contributed by atoms with Crippen LogP contribution in [-0.2, 0) is 10.4 Å². The third kappa shape index (κ3) is 1.97. The van der Waals surface area contributed by atoms with Crippen molar-refractivity contribution in [1.82, 2.24) is 0 Å². The van der Waals surface area contributed by atoms with Gasteiger partial charge in [-0.1, -0.05) is 18.2 Å². The third-order valence-corrected chi connectivity index (χ3v) is 3.80. The van der Waals surface area contributed by atoms with E-state index in [0.717, 1.165) is 0 Å². The molecule has 5 nitrogen and oxygen atoms in total. The van der Waals surface area contributed by atoms with Crippen LogP contribution < -0.4 is 4.90 Å². The molecule has 21 heavy (non-hydrogen) atoms. The van der Waals surface area contributed by atoms with Gasteiger partial charge in [-0.05, 0) is 25.1 Å². The summed E-state index contributed by atoms with van der Waals surface area (Å²) in [6.07, 6.45) is -0.333. The van der Waals surface area contributed by atoms with Gasteiger partial charge in [-0.3, -0.25) is 9.59 Å². The summed E-state index contributed by atoms with van der Waals surface area (Å²) in [5.74, 6) is -0.134. The van der Waals surface area contributed by atoms with E-state index < -0.39 is 17.3 Å². The first-order chi connectivity index (χ1) is 9.93. The molecule has 1 aliphatic rings. The van der Waals surface area contributed by atoms with Gasteiger partial charge in [0.1, 0.15) is 5.76 Å². The minimum atomic E-state index is -1.83. The van der Waals surface area contributed by atoms with Crippen molar-refractivity contribution in [2.24, 2.45) is 0 Å². The number of hydrogen-bond donors (Lipinski definition) is 1. The fraction of sp³-hybridized carbons (Fsp3) is 0.250. The van der Waals surface area contributed by atoms with E-state index in [2.05, 4.69) is 0 Å². The van der Waals surface area contributed by atoms with Crippen molar-refractivity contribution in [3.8, 4) is 0 Å². The molecular formula is C16H15NO4. The lowest BCUT2D eigenvalue weighted by molar-refractivity contribution is -0.135. The Kier molecular flexibility index (Phi) is 2.95. The number of aliphatic hydroxyl groups is 1. The van der Waals surface area contributed by atoms with E-state index in [1.807, 2.05) is 0 Å². The number of aryl methyl sites for hydroxylation is 1. The van der Waals surface area contributed by atoms with Crippen LogP contribution in [0.1, 0.15) is 28.3 Å². The van der Waals surface area contributed by atoms with Crippen LogP contribution in [0.15, 0.2) is 40.8 Å². The number of carbonyl (C=O) groups is 2. The molecule has 0 aliphatic carbocycles. The van der Waals surface area contributed by atoms with Crippen molar-refractivity contribution in [1.29, 1.82) is 0 Å². The van der Waals surface area contributed by atoms with Gasteiger partial charge < -0.3 is 14.4 Å². The normalized spacial score (nSPS) is 20.7. The second-order valence-corrected chi connectivity index (χ2v) is 5.25. The van der Waals surface area contributed by atoms with E-state index >= 15 is 0 Å². The Bertz CT molecular complexity index is 733. The predicted molar refractivity (Wildman–Crippen MR) is 76.1 cm³/mol. The van der Waals surface area contributed by atoms with Crippen LogP contribution in [0.2, 0.25) is 0 Å². The second kappa shape index (κ2) is 4.56. The van der Waals surface area contributed by atoms with Crippen molar-refractivity contribution in [3.63, 3.8) is 0 Å². The molecule has 1 aromatic carbocycles. The topological polar surface area (TPSA) is 70.8 Å². The predicted octanol–water partition coefficient (Wildman–Crippen LogP) is 2.03. The van der Waals surface area contributed by atoms with Gasteiger partial charge in [0.25, 0.3) is 5.91 Å². The van der Waals surface area contributed by atoms with Crippen molar-refractivity contribution in [2.75, 3.05) is 11.9 Å². The molecular weight excluding hydrogens is 270 g/mol. The summed E-state index contributed by atoms with van der Waals surface area (Å²) in [6, 6.07) is 10.2. The van der Waals surface area contributed by atoms with Gasteiger partial charge in [-0.2, -0.15) is 0 Å². The van der Waals surface area contributed by atoms with E-state index in [0.29, 0.717) is 17.0 Å².